The SMILES string of the molecule is Cc1nc2cc(CNS(=O)(=O)c3cccs3)ccc2o1. The first-order valence-electron chi connectivity index (χ1n) is 5.94. The van der Waals surface area contributed by atoms with E-state index >= 15 is 0 Å². The number of aromatic nitrogens is 1. The molecular weight excluding hydrogens is 296 g/mol. The zero-order chi connectivity index (χ0) is 14.2. The smallest absolute Gasteiger partial charge is 0.250 e. The summed E-state index contributed by atoms with van der Waals surface area (Å²) in [5.41, 5.74) is 2.27. The maximum absolute atomic E-state index is 12.0. The van der Waals surface area contributed by atoms with Gasteiger partial charge in [-0.15, -0.1) is 11.3 Å². The molecule has 0 aliphatic rings. The summed E-state index contributed by atoms with van der Waals surface area (Å²) >= 11 is 1.19. The maximum Gasteiger partial charge on any atom is 0.250 e. The van der Waals surface area contributed by atoms with E-state index in [0.29, 0.717) is 15.7 Å². The summed E-state index contributed by atoms with van der Waals surface area (Å²) in [6.07, 6.45) is 0. The van der Waals surface area contributed by atoms with E-state index in [4.69, 9.17) is 4.42 Å². The summed E-state index contributed by atoms with van der Waals surface area (Å²) in [6, 6.07) is 8.73. The fourth-order valence-electron chi connectivity index (χ4n) is 1.86. The number of benzene rings is 1. The molecule has 5 nitrogen and oxygen atoms in total. The van der Waals surface area contributed by atoms with Gasteiger partial charge in [-0.25, -0.2) is 18.1 Å². The molecule has 0 saturated heterocycles. The van der Waals surface area contributed by atoms with E-state index in [1.165, 1.54) is 11.3 Å². The Balaban J connectivity index is 1.80. The molecule has 0 aliphatic carbocycles. The number of hydrogen-bond acceptors (Lipinski definition) is 5. The summed E-state index contributed by atoms with van der Waals surface area (Å²) in [5, 5.41) is 1.73. The molecule has 0 atom stereocenters. The number of hydrogen-bond donors (Lipinski definition) is 1. The minimum Gasteiger partial charge on any atom is -0.441 e. The van der Waals surface area contributed by atoms with Gasteiger partial charge >= 0.3 is 0 Å². The van der Waals surface area contributed by atoms with Gasteiger partial charge in [0.2, 0.25) is 10.0 Å². The molecule has 20 heavy (non-hydrogen) atoms. The molecule has 2 heterocycles. The fourth-order valence-corrected chi connectivity index (χ4v) is 3.92. The van der Waals surface area contributed by atoms with Gasteiger partial charge in [-0.3, -0.25) is 0 Å². The van der Waals surface area contributed by atoms with Gasteiger partial charge in [0.1, 0.15) is 9.73 Å². The highest BCUT2D eigenvalue weighted by atomic mass is 32.2. The molecule has 1 aromatic carbocycles. The Morgan fingerprint density at radius 3 is 2.95 bits per heavy atom. The van der Waals surface area contributed by atoms with Crippen LogP contribution in [-0.4, -0.2) is 13.4 Å². The Hall–Kier alpha value is -1.70. The summed E-state index contributed by atoms with van der Waals surface area (Å²) in [5.74, 6) is 0.594. The Morgan fingerprint density at radius 1 is 1.35 bits per heavy atom. The second kappa shape index (κ2) is 5.01. The first-order chi connectivity index (χ1) is 9.54. The van der Waals surface area contributed by atoms with Gasteiger partial charge in [-0.1, -0.05) is 12.1 Å². The van der Waals surface area contributed by atoms with E-state index in [1.807, 2.05) is 12.1 Å². The average Bonchev–Trinajstić information content (AvgIpc) is 3.04. The van der Waals surface area contributed by atoms with Gasteiger partial charge in [0.25, 0.3) is 0 Å². The summed E-state index contributed by atoms with van der Waals surface area (Å²) in [4.78, 5) is 4.23. The second-order valence-corrected chi connectivity index (χ2v) is 7.23. The number of oxazole rings is 1. The van der Waals surface area contributed by atoms with Gasteiger partial charge in [0.15, 0.2) is 11.5 Å². The van der Waals surface area contributed by atoms with Gasteiger partial charge in [-0.2, -0.15) is 0 Å². The van der Waals surface area contributed by atoms with Crippen molar-refractivity contribution in [3.8, 4) is 0 Å². The molecule has 0 fully saturated rings. The Kier molecular flexibility index (Phi) is 3.33. The van der Waals surface area contributed by atoms with Crippen molar-refractivity contribution in [1.29, 1.82) is 0 Å². The predicted octanol–water partition coefficient (Wildman–Crippen LogP) is 2.68. The molecule has 0 saturated carbocycles. The fraction of sp³-hybridized carbons (Fsp3) is 0.154. The summed E-state index contributed by atoms with van der Waals surface area (Å²) in [6.45, 7) is 2.00. The Labute approximate surface area is 120 Å². The van der Waals surface area contributed by atoms with Crippen molar-refractivity contribution in [2.24, 2.45) is 0 Å². The lowest BCUT2D eigenvalue weighted by Crippen LogP contribution is -2.22. The highest BCUT2D eigenvalue weighted by Gasteiger charge is 2.14. The zero-order valence-electron chi connectivity index (χ0n) is 10.7. The van der Waals surface area contributed by atoms with Crippen LogP contribution in [0.15, 0.2) is 44.3 Å². The van der Waals surface area contributed by atoms with Crippen LogP contribution in [0.3, 0.4) is 0 Å². The maximum atomic E-state index is 12.0. The van der Waals surface area contributed by atoms with Crippen LogP contribution < -0.4 is 4.72 Å². The normalized spacial score (nSPS) is 12.1. The third-order valence-corrected chi connectivity index (χ3v) is 5.58. The van der Waals surface area contributed by atoms with Crippen molar-refractivity contribution in [2.75, 3.05) is 0 Å². The highest BCUT2D eigenvalue weighted by Crippen LogP contribution is 2.18. The molecule has 0 spiro atoms. The monoisotopic (exact) mass is 308 g/mol. The Bertz CT molecular complexity index is 836. The largest absolute Gasteiger partial charge is 0.441 e. The summed E-state index contributed by atoms with van der Waals surface area (Å²) < 4.78 is 32.3. The third-order valence-electron chi connectivity index (χ3n) is 2.79. The number of sulfonamides is 1. The second-order valence-electron chi connectivity index (χ2n) is 4.29. The molecule has 0 bridgehead atoms. The van der Waals surface area contributed by atoms with Crippen LogP contribution in [0.1, 0.15) is 11.5 Å². The summed E-state index contributed by atoms with van der Waals surface area (Å²) in [7, 11) is -3.44. The number of nitrogens with one attached hydrogen (secondary N) is 1. The van der Waals surface area contributed by atoms with Crippen molar-refractivity contribution in [1.82, 2.24) is 9.71 Å². The average molecular weight is 308 g/mol. The molecule has 0 aliphatic heterocycles. The number of nitrogens with zero attached hydrogens (tertiary/aromatic N) is 1. The van der Waals surface area contributed by atoms with E-state index in [9.17, 15) is 8.42 Å². The number of rotatable bonds is 4. The highest BCUT2D eigenvalue weighted by molar-refractivity contribution is 7.91. The van der Waals surface area contributed by atoms with Crippen LogP contribution in [0.25, 0.3) is 11.1 Å². The topological polar surface area (TPSA) is 72.2 Å². The number of aryl methyl sites for hydroxylation is 1. The lowest BCUT2D eigenvalue weighted by molar-refractivity contribution is 0.561. The van der Waals surface area contributed by atoms with Gasteiger partial charge in [0, 0.05) is 13.5 Å². The molecule has 0 radical (unpaired) electrons. The standard InChI is InChI=1S/C13H12N2O3S2/c1-9-15-11-7-10(4-5-12(11)18-9)8-14-20(16,17)13-3-2-6-19-13/h2-7,14H,8H2,1H3. The van der Waals surface area contributed by atoms with Gasteiger partial charge in [-0.05, 0) is 29.1 Å². The molecule has 104 valence electrons. The molecule has 0 unspecified atom stereocenters. The van der Waals surface area contributed by atoms with Crippen LogP contribution in [0.5, 0.6) is 0 Å². The van der Waals surface area contributed by atoms with Crippen LogP contribution in [0, 0.1) is 6.92 Å². The molecular formula is C13H12N2O3S2. The minimum absolute atomic E-state index is 0.224. The lowest BCUT2D eigenvalue weighted by atomic mass is 10.2. The van der Waals surface area contributed by atoms with Crippen LogP contribution >= 0.6 is 11.3 Å². The minimum atomic E-state index is -3.44. The van der Waals surface area contributed by atoms with Crippen molar-refractivity contribution in [3.05, 3.63) is 47.2 Å². The molecule has 0 amide bonds. The van der Waals surface area contributed by atoms with Crippen LogP contribution in [0.4, 0.5) is 0 Å². The molecule has 1 N–H and O–H groups in total. The Morgan fingerprint density at radius 2 is 2.20 bits per heavy atom. The quantitative estimate of drug-likeness (QED) is 0.804. The number of fused-ring (bicyclic) bond motifs is 1. The van der Waals surface area contributed by atoms with Gasteiger partial charge in [0.05, 0.1) is 0 Å². The first-order valence-corrected chi connectivity index (χ1v) is 8.30. The van der Waals surface area contributed by atoms with E-state index in [0.717, 1.165) is 11.1 Å². The van der Waals surface area contributed by atoms with E-state index in [-0.39, 0.29) is 6.54 Å². The van der Waals surface area contributed by atoms with Crippen molar-refractivity contribution >= 4 is 32.5 Å². The first kappa shape index (κ1) is 13.3. The van der Waals surface area contributed by atoms with Crippen molar-refractivity contribution in [2.45, 2.75) is 17.7 Å². The molecule has 7 heteroatoms. The predicted molar refractivity (Wildman–Crippen MR) is 77.1 cm³/mol. The lowest BCUT2D eigenvalue weighted by Gasteiger charge is -2.04. The zero-order valence-corrected chi connectivity index (χ0v) is 12.3. The molecule has 3 rings (SSSR count). The van der Waals surface area contributed by atoms with E-state index < -0.39 is 10.0 Å². The van der Waals surface area contributed by atoms with Crippen LogP contribution in [0.2, 0.25) is 0 Å². The van der Waals surface area contributed by atoms with E-state index in [2.05, 4.69) is 9.71 Å². The third kappa shape index (κ3) is 2.60. The van der Waals surface area contributed by atoms with Crippen LogP contribution in [-0.2, 0) is 16.6 Å². The van der Waals surface area contributed by atoms with E-state index in [1.54, 1.807) is 30.5 Å². The molecule has 3 aromatic rings. The van der Waals surface area contributed by atoms with Crippen molar-refractivity contribution in [3.63, 3.8) is 0 Å². The number of thiophene rings is 1. The van der Waals surface area contributed by atoms with Gasteiger partial charge < -0.3 is 4.42 Å². The van der Waals surface area contributed by atoms with Crippen molar-refractivity contribution < 1.29 is 12.8 Å². The molecule has 2 aromatic heterocycles.